The summed E-state index contributed by atoms with van der Waals surface area (Å²) in [6, 6.07) is 10.1. The molecule has 1 N–H and O–H groups in total. The van der Waals surface area contributed by atoms with Gasteiger partial charge in [0, 0.05) is 18.8 Å². The summed E-state index contributed by atoms with van der Waals surface area (Å²) in [4.78, 5) is 0. The minimum Gasteiger partial charge on any atom is -0.383 e. The lowest BCUT2D eigenvalue weighted by molar-refractivity contribution is 0.0159. The number of para-hydroxylation sites is 1. The predicted molar refractivity (Wildman–Crippen MR) is 82.3 cm³/mol. The summed E-state index contributed by atoms with van der Waals surface area (Å²) in [6.45, 7) is 7.07. The number of rotatable bonds is 13. The van der Waals surface area contributed by atoms with E-state index in [1.54, 1.807) is 0 Å². The molecule has 4 heteroatoms. The summed E-state index contributed by atoms with van der Waals surface area (Å²) < 4.78 is 16.3. The van der Waals surface area contributed by atoms with Crippen LogP contribution >= 0.6 is 0 Å². The lowest BCUT2D eigenvalue weighted by Gasteiger charge is -2.08. The van der Waals surface area contributed by atoms with Crippen molar-refractivity contribution in [1.82, 2.24) is 0 Å². The Labute approximate surface area is 122 Å². The van der Waals surface area contributed by atoms with E-state index in [2.05, 4.69) is 12.2 Å². The first-order valence-electron chi connectivity index (χ1n) is 7.45. The van der Waals surface area contributed by atoms with Gasteiger partial charge in [0.15, 0.2) is 0 Å². The fraction of sp³-hybridized carbons (Fsp3) is 0.625. The molecule has 0 radical (unpaired) electrons. The first-order valence-corrected chi connectivity index (χ1v) is 7.45. The summed E-state index contributed by atoms with van der Waals surface area (Å²) in [5.41, 5.74) is 1.12. The standard InChI is InChI=1S/C16H27NO3/c1-2-3-10-18-12-14-20-15-13-19-11-9-17-16-7-5-4-6-8-16/h4-8,17H,2-3,9-15H2,1H3. The molecular weight excluding hydrogens is 254 g/mol. The first kappa shape index (κ1) is 17.0. The van der Waals surface area contributed by atoms with Crippen LogP contribution < -0.4 is 5.32 Å². The predicted octanol–water partition coefficient (Wildman–Crippen LogP) is 2.95. The minimum atomic E-state index is 0.627. The van der Waals surface area contributed by atoms with Crippen LogP contribution in [0, 0.1) is 0 Å². The van der Waals surface area contributed by atoms with Crippen molar-refractivity contribution >= 4 is 5.69 Å². The first-order chi connectivity index (χ1) is 9.93. The van der Waals surface area contributed by atoms with E-state index in [1.807, 2.05) is 30.3 Å². The molecule has 20 heavy (non-hydrogen) atoms. The Kier molecular flexibility index (Phi) is 10.9. The quantitative estimate of drug-likeness (QED) is 0.564. The van der Waals surface area contributed by atoms with Gasteiger partial charge in [-0.25, -0.2) is 0 Å². The average Bonchev–Trinajstić information content (AvgIpc) is 2.49. The lowest BCUT2D eigenvalue weighted by atomic mass is 10.3. The van der Waals surface area contributed by atoms with Gasteiger partial charge in [0.25, 0.3) is 0 Å². The van der Waals surface area contributed by atoms with Crippen LogP contribution in [0.2, 0.25) is 0 Å². The van der Waals surface area contributed by atoms with E-state index in [-0.39, 0.29) is 0 Å². The molecule has 0 aliphatic heterocycles. The fourth-order valence-electron chi connectivity index (χ4n) is 1.61. The summed E-state index contributed by atoms with van der Waals surface area (Å²) in [7, 11) is 0. The Hall–Kier alpha value is -1.10. The number of ether oxygens (including phenoxy) is 3. The van der Waals surface area contributed by atoms with Crippen molar-refractivity contribution < 1.29 is 14.2 Å². The summed E-state index contributed by atoms with van der Waals surface area (Å²) in [5, 5.41) is 3.29. The van der Waals surface area contributed by atoms with Gasteiger partial charge in [0.2, 0.25) is 0 Å². The van der Waals surface area contributed by atoms with Crippen molar-refractivity contribution in [3.63, 3.8) is 0 Å². The smallest absolute Gasteiger partial charge is 0.0701 e. The number of hydrogen-bond donors (Lipinski definition) is 1. The van der Waals surface area contributed by atoms with Crippen molar-refractivity contribution in [2.24, 2.45) is 0 Å². The van der Waals surface area contributed by atoms with Crippen molar-refractivity contribution in [2.45, 2.75) is 19.8 Å². The van der Waals surface area contributed by atoms with Crippen LogP contribution in [0.4, 0.5) is 5.69 Å². The SMILES string of the molecule is CCCCOCCOCCOCCNc1ccccc1. The second-order valence-electron chi connectivity index (χ2n) is 4.48. The molecule has 0 bridgehead atoms. The second-order valence-corrected chi connectivity index (χ2v) is 4.48. The molecular formula is C16H27NO3. The van der Waals surface area contributed by atoms with Gasteiger partial charge >= 0.3 is 0 Å². The van der Waals surface area contributed by atoms with Gasteiger partial charge in [0.1, 0.15) is 0 Å². The fourth-order valence-corrected chi connectivity index (χ4v) is 1.61. The van der Waals surface area contributed by atoms with Crippen molar-refractivity contribution in [2.75, 3.05) is 51.5 Å². The van der Waals surface area contributed by atoms with Gasteiger partial charge in [-0.15, -0.1) is 0 Å². The highest BCUT2D eigenvalue weighted by molar-refractivity contribution is 5.42. The van der Waals surface area contributed by atoms with Gasteiger partial charge in [-0.1, -0.05) is 31.5 Å². The third-order valence-corrected chi connectivity index (χ3v) is 2.74. The highest BCUT2D eigenvalue weighted by atomic mass is 16.5. The molecule has 0 amide bonds. The Morgan fingerprint density at radius 3 is 2.05 bits per heavy atom. The van der Waals surface area contributed by atoms with Crippen LogP contribution in [0.3, 0.4) is 0 Å². The second kappa shape index (κ2) is 12.9. The Bertz CT molecular complexity index is 306. The number of hydrogen-bond acceptors (Lipinski definition) is 4. The van der Waals surface area contributed by atoms with E-state index < -0.39 is 0 Å². The maximum Gasteiger partial charge on any atom is 0.0701 e. The number of nitrogens with one attached hydrogen (secondary N) is 1. The normalized spacial score (nSPS) is 10.7. The van der Waals surface area contributed by atoms with Crippen LogP contribution in [0.5, 0.6) is 0 Å². The highest BCUT2D eigenvalue weighted by Crippen LogP contribution is 2.03. The third kappa shape index (κ3) is 9.78. The maximum atomic E-state index is 5.47. The van der Waals surface area contributed by atoms with Crippen LogP contribution in [-0.4, -0.2) is 46.2 Å². The van der Waals surface area contributed by atoms with E-state index in [4.69, 9.17) is 14.2 Å². The molecule has 0 atom stereocenters. The molecule has 0 aliphatic carbocycles. The summed E-state index contributed by atoms with van der Waals surface area (Å²) in [5.74, 6) is 0. The molecule has 4 nitrogen and oxygen atoms in total. The van der Waals surface area contributed by atoms with Crippen LogP contribution in [0.1, 0.15) is 19.8 Å². The molecule has 1 rings (SSSR count). The largest absolute Gasteiger partial charge is 0.383 e. The van der Waals surface area contributed by atoms with E-state index in [0.29, 0.717) is 33.0 Å². The van der Waals surface area contributed by atoms with Crippen LogP contribution in [0.25, 0.3) is 0 Å². The van der Waals surface area contributed by atoms with Gasteiger partial charge < -0.3 is 19.5 Å². The molecule has 0 unspecified atom stereocenters. The lowest BCUT2D eigenvalue weighted by Crippen LogP contribution is -2.13. The van der Waals surface area contributed by atoms with Crippen molar-refractivity contribution in [3.8, 4) is 0 Å². The van der Waals surface area contributed by atoms with Gasteiger partial charge in [-0.2, -0.15) is 0 Å². The van der Waals surface area contributed by atoms with Crippen LogP contribution in [0.15, 0.2) is 30.3 Å². The molecule has 0 saturated heterocycles. The summed E-state index contributed by atoms with van der Waals surface area (Å²) in [6.07, 6.45) is 2.29. The molecule has 0 aromatic heterocycles. The molecule has 0 spiro atoms. The number of benzene rings is 1. The van der Waals surface area contributed by atoms with Gasteiger partial charge in [0.05, 0.1) is 33.0 Å². The zero-order valence-corrected chi connectivity index (χ0v) is 12.5. The Balaban J connectivity index is 1.77. The van der Waals surface area contributed by atoms with E-state index in [1.165, 1.54) is 6.42 Å². The number of unbranched alkanes of at least 4 members (excludes halogenated alkanes) is 1. The minimum absolute atomic E-state index is 0.627. The average molecular weight is 281 g/mol. The maximum absolute atomic E-state index is 5.47. The van der Waals surface area contributed by atoms with E-state index in [9.17, 15) is 0 Å². The number of anilines is 1. The van der Waals surface area contributed by atoms with Crippen molar-refractivity contribution in [3.05, 3.63) is 30.3 Å². The van der Waals surface area contributed by atoms with Crippen LogP contribution in [-0.2, 0) is 14.2 Å². The summed E-state index contributed by atoms with van der Waals surface area (Å²) >= 11 is 0. The Morgan fingerprint density at radius 2 is 1.40 bits per heavy atom. The molecule has 0 saturated carbocycles. The van der Waals surface area contributed by atoms with E-state index in [0.717, 1.165) is 25.3 Å². The van der Waals surface area contributed by atoms with Crippen molar-refractivity contribution in [1.29, 1.82) is 0 Å². The zero-order chi connectivity index (χ0) is 14.3. The molecule has 0 heterocycles. The molecule has 0 fully saturated rings. The highest BCUT2D eigenvalue weighted by Gasteiger charge is 1.92. The Morgan fingerprint density at radius 1 is 0.800 bits per heavy atom. The van der Waals surface area contributed by atoms with Gasteiger partial charge in [-0.3, -0.25) is 0 Å². The topological polar surface area (TPSA) is 39.7 Å². The monoisotopic (exact) mass is 281 g/mol. The molecule has 114 valence electrons. The third-order valence-electron chi connectivity index (χ3n) is 2.74. The zero-order valence-electron chi connectivity index (χ0n) is 12.5. The van der Waals surface area contributed by atoms with E-state index >= 15 is 0 Å². The molecule has 1 aromatic carbocycles. The molecule has 0 aliphatic rings. The molecule has 1 aromatic rings. The van der Waals surface area contributed by atoms with Gasteiger partial charge in [-0.05, 0) is 18.6 Å².